The second kappa shape index (κ2) is 6.22. The summed E-state index contributed by atoms with van der Waals surface area (Å²) in [6.45, 7) is -1.24. The van der Waals surface area contributed by atoms with Crippen LogP contribution in [0.2, 0.25) is 0 Å². The normalized spacial score (nSPS) is 28.1. The molecule has 17 heavy (non-hydrogen) atoms. The van der Waals surface area contributed by atoms with Crippen LogP contribution in [0.15, 0.2) is 0 Å². The monoisotopic (exact) mass is 283 g/mol. The quantitative estimate of drug-likeness (QED) is 0.704. The molecule has 0 aromatic carbocycles. The molecule has 0 aromatic heterocycles. The van der Waals surface area contributed by atoms with Gasteiger partial charge in [0.25, 0.3) is 0 Å². The highest BCUT2D eigenvalue weighted by molar-refractivity contribution is 8.07. The number of carbonyl (C=O) groups is 1. The van der Waals surface area contributed by atoms with Gasteiger partial charge in [0.15, 0.2) is 0 Å². The number of amides is 1. The molecule has 8 heteroatoms. The van der Waals surface area contributed by atoms with Gasteiger partial charge in [-0.1, -0.05) is 6.92 Å². The van der Waals surface area contributed by atoms with Crippen LogP contribution in [0.4, 0.5) is 0 Å². The minimum atomic E-state index is -3.21. The summed E-state index contributed by atoms with van der Waals surface area (Å²) in [6, 6.07) is -0.265. The maximum absolute atomic E-state index is 11.6. The lowest BCUT2D eigenvalue weighted by molar-refractivity contribution is -0.132. The Morgan fingerprint density at radius 2 is 2.29 bits per heavy atom. The lowest BCUT2D eigenvalue weighted by atomic mass is 10.2. The molecule has 0 aromatic rings. The predicted octanol–water partition coefficient (Wildman–Crippen LogP) is 0.238. The van der Waals surface area contributed by atoms with Crippen LogP contribution in [0.1, 0.15) is 19.8 Å². The average Bonchev–Trinajstić information content (AvgIpc) is 2.70. The Bertz CT molecular complexity index is 327. The number of rotatable bonds is 5. The Labute approximate surface area is 106 Å². The maximum atomic E-state index is 11.6. The molecule has 100 valence electrons. The van der Waals surface area contributed by atoms with E-state index < -0.39 is 6.72 Å². The summed E-state index contributed by atoms with van der Waals surface area (Å²) in [5.74, 6) is -0.0428. The van der Waals surface area contributed by atoms with Crippen molar-refractivity contribution in [1.29, 1.82) is 0 Å². The molecule has 1 saturated heterocycles. The van der Waals surface area contributed by atoms with E-state index in [0.29, 0.717) is 19.4 Å². The fourth-order valence-corrected chi connectivity index (χ4v) is 2.84. The van der Waals surface area contributed by atoms with Crippen molar-refractivity contribution in [3.05, 3.63) is 0 Å². The molecule has 1 heterocycles. The van der Waals surface area contributed by atoms with Crippen LogP contribution in [-0.2, 0) is 25.6 Å². The molecular formula is C9H18NO5PS. The second-order valence-electron chi connectivity index (χ2n) is 3.85. The summed E-state index contributed by atoms with van der Waals surface area (Å²) >= 11 is 4.75. The van der Waals surface area contributed by atoms with Crippen LogP contribution in [0, 0.1) is 0 Å². The minimum Gasteiger partial charge on any atom is -0.394 e. The van der Waals surface area contributed by atoms with E-state index in [1.54, 1.807) is 11.8 Å². The molecule has 1 rings (SSSR count). The molecule has 1 aliphatic rings. The Hall–Kier alpha value is -0.0400. The summed E-state index contributed by atoms with van der Waals surface area (Å²) in [4.78, 5) is 22.7. The molecule has 1 aliphatic heterocycles. The van der Waals surface area contributed by atoms with Gasteiger partial charge in [-0.2, -0.15) is 0 Å². The molecule has 0 bridgehead atoms. The van der Waals surface area contributed by atoms with Crippen LogP contribution in [0.5, 0.6) is 0 Å². The minimum absolute atomic E-state index is 0.0428. The molecule has 3 atom stereocenters. The number of aliphatic hydroxyl groups is 1. The zero-order valence-electron chi connectivity index (χ0n) is 9.90. The topological polar surface area (TPSA) is 79.2 Å². The summed E-state index contributed by atoms with van der Waals surface area (Å²) in [5.41, 5.74) is 0. The first kappa shape index (κ1) is 15.0. The summed E-state index contributed by atoms with van der Waals surface area (Å²) in [7, 11) is 1.29. The van der Waals surface area contributed by atoms with Crippen LogP contribution < -0.4 is 0 Å². The van der Waals surface area contributed by atoms with Crippen molar-refractivity contribution < 1.29 is 23.8 Å². The molecule has 1 amide bonds. The van der Waals surface area contributed by atoms with E-state index in [4.69, 9.17) is 16.3 Å². The van der Waals surface area contributed by atoms with Gasteiger partial charge in [0.1, 0.15) is 0 Å². The fourth-order valence-electron chi connectivity index (χ4n) is 1.86. The van der Waals surface area contributed by atoms with Gasteiger partial charge in [-0.3, -0.25) is 4.79 Å². The fraction of sp³-hybridized carbons (Fsp3) is 0.889. The van der Waals surface area contributed by atoms with E-state index in [1.165, 1.54) is 7.11 Å². The number of nitrogens with zero attached hydrogens (tertiary/aromatic N) is 1. The summed E-state index contributed by atoms with van der Waals surface area (Å²) < 4.78 is 9.94. The van der Waals surface area contributed by atoms with E-state index in [-0.39, 0.29) is 24.7 Å². The third-order valence-corrected chi connectivity index (χ3v) is 4.45. The highest BCUT2D eigenvalue weighted by Gasteiger charge is 2.37. The number of likely N-dealkylation sites (tertiary alicyclic amines) is 1. The van der Waals surface area contributed by atoms with Crippen molar-refractivity contribution in [3.63, 3.8) is 0 Å². The summed E-state index contributed by atoms with van der Waals surface area (Å²) in [6.07, 6.45) is 0.462. The zero-order chi connectivity index (χ0) is 13.1. The van der Waals surface area contributed by atoms with Gasteiger partial charge >= 0.3 is 6.72 Å². The molecule has 0 radical (unpaired) electrons. The van der Waals surface area contributed by atoms with Crippen LogP contribution in [0.3, 0.4) is 0 Å². The highest BCUT2D eigenvalue weighted by Crippen LogP contribution is 2.45. The predicted molar refractivity (Wildman–Crippen MR) is 65.9 cm³/mol. The Morgan fingerprint density at radius 3 is 2.76 bits per heavy atom. The number of hydrogen-bond acceptors (Lipinski definition) is 5. The van der Waals surface area contributed by atoms with E-state index in [1.807, 2.05) is 0 Å². The van der Waals surface area contributed by atoms with Crippen molar-refractivity contribution >= 4 is 24.4 Å². The lowest BCUT2D eigenvalue weighted by Crippen LogP contribution is -2.37. The summed E-state index contributed by atoms with van der Waals surface area (Å²) in [5, 5.41) is 9.19. The van der Waals surface area contributed by atoms with Crippen molar-refractivity contribution in [3.8, 4) is 0 Å². The molecule has 0 aliphatic carbocycles. The van der Waals surface area contributed by atoms with Crippen LogP contribution >= 0.6 is 6.72 Å². The van der Waals surface area contributed by atoms with Gasteiger partial charge in [0.2, 0.25) is 5.91 Å². The van der Waals surface area contributed by atoms with E-state index in [9.17, 15) is 14.8 Å². The van der Waals surface area contributed by atoms with Crippen LogP contribution in [0.25, 0.3) is 0 Å². The first-order chi connectivity index (χ1) is 7.93. The molecule has 6 nitrogen and oxygen atoms in total. The maximum Gasteiger partial charge on any atom is 0.324 e. The highest BCUT2D eigenvalue weighted by atomic mass is 32.5. The molecule has 2 N–H and O–H groups in total. The first-order valence-electron chi connectivity index (χ1n) is 5.40. The molecule has 3 unspecified atom stereocenters. The third kappa shape index (κ3) is 3.98. The van der Waals surface area contributed by atoms with Gasteiger partial charge in [0, 0.05) is 20.1 Å². The standard InChI is InChI=1S/C9H18NO5PS/c1-3-9(12)10-5-8(4-7(10)6-11)15-16(13,17)14-2/h7-8,11H,3-6H2,1-2H3,(H,13,17). The largest absolute Gasteiger partial charge is 0.394 e. The van der Waals surface area contributed by atoms with Gasteiger partial charge in [-0.25, -0.2) is 0 Å². The zero-order valence-corrected chi connectivity index (χ0v) is 11.6. The Balaban J connectivity index is 2.64. The van der Waals surface area contributed by atoms with Crippen molar-refractivity contribution in [2.75, 3.05) is 20.3 Å². The Kier molecular flexibility index (Phi) is 5.50. The lowest BCUT2D eigenvalue weighted by Gasteiger charge is -2.22. The van der Waals surface area contributed by atoms with E-state index in [0.717, 1.165) is 0 Å². The molecule has 0 saturated carbocycles. The number of hydrogen-bond donors (Lipinski definition) is 2. The smallest absolute Gasteiger partial charge is 0.324 e. The van der Waals surface area contributed by atoms with Crippen LogP contribution in [-0.4, -0.2) is 53.2 Å². The van der Waals surface area contributed by atoms with E-state index in [2.05, 4.69) is 4.52 Å². The first-order valence-corrected chi connectivity index (χ1v) is 7.99. The van der Waals surface area contributed by atoms with Crippen molar-refractivity contribution in [1.82, 2.24) is 4.90 Å². The number of aliphatic hydroxyl groups excluding tert-OH is 1. The SMILES string of the molecule is CCC(=O)N1CC(OP(O)(=S)OC)CC1CO. The van der Waals surface area contributed by atoms with Gasteiger partial charge in [0.05, 0.1) is 18.8 Å². The molecule has 1 fully saturated rings. The second-order valence-corrected chi connectivity index (χ2v) is 6.75. The molecule has 0 spiro atoms. The van der Waals surface area contributed by atoms with Crippen molar-refractivity contribution in [2.24, 2.45) is 0 Å². The average molecular weight is 283 g/mol. The molecular weight excluding hydrogens is 265 g/mol. The van der Waals surface area contributed by atoms with Gasteiger partial charge in [-0.05, 0) is 18.2 Å². The Morgan fingerprint density at radius 1 is 1.65 bits per heavy atom. The number of carbonyl (C=O) groups excluding carboxylic acids is 1. The van der Waals surface area contributed by atoms with Gasteiger partial charge in [-0.15, -0.1) is 0 Å². The van der Waals surface area contributed by atoms with Crippen molar-refractivity contribution in [2.45, 2.75) is 31.9 Å². The van der Waals surface area contributed by atoms with E-state index >= 15 is 0 Å². The van der Waals surface area contributed by atoms with Gasteiger partial charge < -0.3 is 23.9 Å². The third-order valence-electron chi connectivity index (χ3n) is 2.72.